The van der Waals surface area contributed by atoms with Crippen molar-refractivity contribution < 1.29 is 18.6 Å². The van der Waals surface area contributed by atoms with Gasteiger partial charge in [-0.2, -0.15) is 0 Å². The molecule has 184 valence electrons. The third-order valence-corrected chi connectivity index (χ3v) is 6.73. The Hall–Kier alpha value is -2.93. The Morgan fingerprint density at radius 1 is 0.971 bits per heavy atom. The lowest BCUT2D eigenvalue weighted by atomic mass is 10.0. The second kappa shape index (κ2) is 10.8. The van der Waals surface area contributed by atoms with E-state index in [-0.39, 0.29) is 24.0 Å². The first-order chi connectivity index (χ1) is 16.5. The van der Waals surface area contributed by atoms with Gasteiger partial charge < -0.3 is 14.4 Å². The number of fused-ring (bicyclic) bond motifs is 3. The number of nitrogens with zero attached hydrogens (tertiary/aromatic N) is 2. The largest absolute Gasteiger partial charge is 0.497 e. The zero-order valence-electron chi connectivity index (χ0n) is 19.6. The van der Waals surface area contributed by atoms with E-state index in [1.165, 1.54) is 18.2 Å². The quantitative estimate of drug-likeness (QED) is 0.329. The van der Waals surface area contributed by atoms with Crippen molar-refractivity contribution in [2.45, 2.75) is 31.9 Å². The van der Waals surface area contributed by atoms with Crippen LogP contribution in [-0.4, -0.2) is 34.8 Å². The van der Waals surface area contributed by atoms with E-state index in [4.69, 9.17) is 4.74 Å². The Balaban J connectivity index is 0.00000289. The third kappa shape index (κ3) is 5.20. The van der Waals surface area contributed by atoms with Crippen LogP contribution in [0.1, 0.15) is 35.8 Å². The molecule has 35 heavy (non-hydrogen) atoms. The molecular weight excluding hydrogens is 470 g/mol. The smallest absolute Gasteiger partial charge is 0.123 e. The molecule has 7 heteroatoms. The average molecular weight is 499 g/mol. The van der Waals surface area contributed by atoms with Crippen molar-refractivity contribution >= 4 is 23.3 Å². The van der Waals surface area contributed by atoms with Crippen LogP contribution in [0.25, 0.3) is 16.6 Å². The summed E-state index contributed by atoms with van der Waals surface area (Å²) >= 11 is 0. The molecule has 3 aromatic carbocycles. The highest BCUT2D eigenvalue weighted by molar-refractivity contribution is 5.87. The fraction of sp³-hybridized carbons (Fsp3) is 0.286. The summed E-state index contributed by atoms with van der Waals surface area (Å²) in [4.78, 5) is 2.36. The molecule has 4 nitrogen and oxygen atoms in total. The first-order valence-corrected chi connectivity index (χ1v) is 11.7. The van der Waals surface area contributed by atoms with Gasteiger partial charge in [0.2, 0.25) is 0 Å². The van der Waals surface area contributed by atoms with Gasteiger partial charge in [-0.25, -0.2) is 8.78 Å². The number of hydrogen-bond donors (Lipinski definition) is 1. The van der Waals surface area contributed by atoms with E-state index >= 15 is 0 Å². The summed E-state index contributed by atoms with van der Waals surface area (Å²) in [5.41, 5.74) is 4.99. The van der Waals surface area contributed by atoms with Gasteiger partial charge in [0.1, 0.15) is 17.4 Å². The van der Waals surface area contributed by atoms with Crippen LogP contribution in [0.15, 0.2) is 66.7 Å². The predicted octanol–water partition coefficient (Wildman–Crippen LogP) is 6.21. The Morgan fingerprint density at radius 3 is 2.40 bits per heavy atom. The number of rotatable bonds is 7. The van der Waals surface area contributed by atoms with E-state index in [1.807, 2.05) is 30.3 Å². The van der Waals surface area contributed by atoms with Gasteiger partial charge >= 0.3 is 0 Å². The molecule has 1 unspecified atom stereocenters. The van der Waals surface area contributed by atoms with Gasteiger partial charge in [0.05, 0.1) is 18.7 Å². The fourth-order valence-corrected chi connectivity index (χ4v) is 4.96. The SMILES string of the molecule is COc1ccc(C(O)CCCN2CCc3c(c4cc(F)ccc4n3-c3ccc(F)cc3)C2)cc1.Cl. The number of halogens is 3. The summed E-state index contributed by atoms with van der Waals surface area (Å²) in [7, 11) is 1.63. The van der Waals surface area contributed by atoms with Crippen molar-refractivity contribution in [2.24, 2.45) is 0 Å². The van der Waals surface area contributed by atoms with E-state index < -0.39 is 6.10 Å². The molecular formula is C28H29ClF2N2O2. The maximum Gasteiger partial charge on any atom is 0.123 e. The van der Waals surface area contributed by atoms with Gasteiger partial charge in [-0.05, 0) is 85.1 Å². The zero-order valence-corrected chi connectivity index (χ0v) is 20.4. The van der Waals surface area contributed by atoms with Crippen LogP contribution in [0.3, 0.4) is 0 Å². The minimum absolute atomic E-state index is 0. The molecule has 1 N–H and O–H groups in total. The monoisotopic (exact) mass is 498 g/mol. The molecule has 0 bridgehead atoms. The number of benzene rings is 3. The number of aliphatic hydroxyl groups excluding tert-OH is 1. The Labute approximate surface area is 210 Å². The zero-order chi connectivity index (χ0) is 23.7. The van der Waals surface area contributed by atoms with Crippen molar-refractivity contribution in [3.05, 3.63) is 95.2 Å². The van der Waals surface area contributed by atoms with Crippen molar-refractivity contribution in [1.29, 1.82) is 0 Å². The maximum atomic E-state index is 14.2. The van der Waals surface area contributed by atoms with Crippen LogP contribution >= 0.6 is 12.4 Å². The van der Waals surface area contributed by atoms with E-state index in [0.717, 1.165) is 71.6 Å². The fourth-order valence-electron chi connectivity index (χ4n) is 4.96. The van der Waals surface area contributed by atoms with E-state index in [0.29, 0.717) is 6.42 Å². The van der Waals surface area contributed by atoms with Crippen LogP contribution in [0, 0.1) is 11.6 Å². The van der Waals surface area contributed by atoms with Crippen molar-refractivity contribution in [2.75, 3.05) is 20.2 Å². The lowest BCUT2D eigenvalue weighted by Gasteiger charge is -2.28. The Bertz CT molecular complexity index is 1290. The van der Waals surface area contributed by atoms with Crippen LogP contribution in [0.2, 0.25) is 0 Å². The summed E-state index contributed by atoms with van der Waals surface area (Å²) in [6.07, 6.45) is 1.83. The van der Waals surface area contributed by atoms with Gasteiger partial charge in [-0.15, -0.1) is 12.4 Å². The van der Waals surface area contributed by atoms with Crippen molar-refractivity contribution in [3.8, 4) is 11.4 Å². The number of aromatic nitrogens is 1. The molecule has 4 aromatic rings. The molecule has 0 saturated heterocycles. The second-order valence-corrected chi connectivity index (χ2v) is 8.86. The summed E-state index contributed by atoms with van der Waals surface area (Å²) in [6, 6.07) is 18.9. The highest BCUT2D eigenvalue weighted by Crippen LogP contribution is 2.34. The summed E-state index contributed by atoms with van der Waals surface area (Å²) in [6.45, 7) is 2.46. The second-order valence-electron chi connectivity index (χ2n) is 8.86. The minimum Gasteiger partial charge on any atom is -0.497 e. The molecule has 2 heterocycles. The Kier molecular flexibility index (Phi) is 7.75. The summed E-state index contributed by atoms with van der Waals surface area (Å²) < 4.78 is 35.0. The maximum absolute atomic E-state index is 14.2. The van der Waals surface area contributed by atoms with Crippen LogP contribution < -0.4 is 4.74 Å². The molecule has 0 amide bonds. The van der Waals surface area contributed by atoms with Crippen LogP contribution in [0.5, 0.6) is 5.75 Å². The van der Waals surface area contributed by atoms with E-state index in [2.05, 4.69) is 9.47 Å². The van der Waals surface area contributed by atoms with Crippen molar-refractivity contribution in [3.63, 3.8) is 0 Å². The first kappa shape index (κ1) is 25.2. The predicted molar refractivity (Wildman–Crippen MR) is 137 cm³/mol. The first-order valence-electron chi connectivity index (χ1n) is 11.7. The molecule has 0 radical (unpaired) electrons. The molecule has 0 spiro atoms. The topological polar surface area (TPSA) is 37.6 Å². The molecule has 1 aromatic heterocycles. The lowest BCUT2D eigenvalue weighted by Crippen LogP contribution is -2.32. The van der Waals surface area contributed by atoms with Gasteiger partial charge in [0, 0.05) is 36.3 Å². The van der Waals surface area contributed by atoms with Crippen LogP contribution in [0.4, 0.5) is 8.78 Å². The third-order valence-electron chi connectivity index (χ3n) is 6.73. The highest BCUT2D eigenvalue weighted by atomic mass is 35.5. The van der Waals surface area contributed by atoms with Crippen molar-refractivity contribution in [1.82, 2.24) is 9.47 Å². The van der Waals surface area contributed by atoms with E-state index in [1.54, 1.807) is 25.3 Å². The molecule has 1 aliphatic rings. The number of hydrogen-bond acceptors (Lipinski definition) is 3. The summed E-state index contributed by atoms with van der Waals surface area (Å²) in [5, 5.41) is 11.5. The van der Waals surface area contributed by atoms with Gasteiger partial charge in [-0.1, -0.05) is 12.1 Å². The van der Waals surface area contributed by atoms with E-state index in [9.17, 15) is 13.9 Å². The Morgan fingerprint density at radius 2 is 1.69 bits per heavy atom. The molecule has 0 saturated carbocycles. The molecule has 0 fully saturated rings. The normalized spacial score (nSPS) is 14.4. The van der Waals surface area contributed by atoms with Gasteiger partial charge in [0.25, 0.3) is 0 Å². The molecule has 5 rings (SSSR count). The number of aliphatic hydroxyl groups is 1. The standard InChI is InChI=1S/C28H28F2N2O2.ClH/c1-34-23-11-4-19(5-12-23)28(33)3-2-15-31-16-14-27-25(18-31)24-17-21(30)8-13-26(24)32(27)22-9-6-20(29)7-10-22;/h4-13,17,28,33H,2-3,14-16,18H2,1H3;1H. The molecule has 1 aliphatic heterocycles. The molecule has 0 aliphatic carbocycles. The number of ether oxygens (including phenoxy) is 1. The van der Waals surface area contributed by atoms with Gasteiger partial charge in [0.15, 0.2) is 0 Å². The average Bonchev–Trinajstić information content (AvgIpc) is 3.17. The summed E-state index contributed by atoms with van der Waals surface area (Å²) in [5.74, 6) is 0.241. The highest BCUT2D eigenvalue weighted by Gasteiger charge is 2.25. The minimum atomic E-state index is -0.513. The molecule has 1 atom stereocenters. The number of methoxy groups -OCH3 is 1. The van der Waals surface area contributed by atoms with Gasteiger partial charge in [-0.3, -0.25) is 4.90 Å². The lowest BCUT2D eigenvalue weighted by molar-refractivity contribution is 0.153. The van der Waals surface area contributed by atoms with Crippen LogP contribution in [-0.2, 0) is 13.0 Å².